The minimum absolute atomic E-state index is 0.678. The van der Waals surface area contributed by atoms with Gasteiger partial charge in [-0.2, -0.15) is 0 Å². The molecule has 0 atom stereocenters. The fourth-order valence-corrected chi connectivity index (χ4v) is 2.28. The maximum atomic E-state index is 4.61. The molecule has 1 aromatic rings. The van der Waals surface area contributed by atoms with Crippen molar-refractivity contribution in [3.8, 4) is 0 Å². The third-order valence-electron chi connectivity index (χ3n) is 3.09. The smallest absolute Gasteiger partial charge is 0.142 e. The van der Waals surface area contributed by atoms with E-state index < -0.39 is 0 Å². The van der Waals surface area contributed by atoms with Crippen molar-refractivity contribution in [3.63, 3.8) is 0 Å². The lowest BCUT2D eigenvalue weighted by atomic mass is 9.87. The Morgan fingerprint density at radius 3 is 2.87 bits per heavy atom. The number of rotatable bonds is 3. The summed E-state index contributed by atoms with van der Waals surface area (Å²) in [6, 6.07) is 2.08. The van der Waals surface area contributed by atoms with E-state index >= 15 is 0 Å². The first-order chi connectivity index (χ1) is 7.40. The van der Waals surface area contributed by atoms with Gasteiger partial charge in [-0.05, 0) is 26.0 Å². The van der Waals surface area contributed by atoms with Crippen LogP contribution in [0.2, 0.25) is 0 Å². The SMILES string of the molecule is CNCc1nccc(C2CCCCC2)n1. The van der Waals surface area contributed by atoms with Crippen molar-refractivity contribution in [1.82, 2.24) is 15.3 Å². The molecule has 0 spiro atoms. The van der Waals surface area contributed by atoms with Crippen molar-refractivity contribution in [3.05, 3.63) is 23.8 Å². The number of nitrogens with zero attached hydrogens (tertiary/aromatic N) is 2. The molecule has 0 aromatic carbocycles. The Hall–Kier alpha value is -0.960. The largest absolute Gasteiger partial charge is 0.313 e. The van der Waals surface area contributed by atoms with Gasteiger partial charge in [-0.15, -0.1) is 0 Å². The first-order valence-electron chi connectivity index (χ1n) is 5.86. The second kappa shape index (κ2) is 5.21. The van der Waals surface area contributed by atoms with Crippen LogP contribution in [0.5, 0.6) is 0 Å². The van der Waals surface area contributed by atoms with Crippen LogP contribution < -0.4 is 5.32 Å². The summed E-state index contributed by atoms with van der Waals surface area (Å²) in [5, 5.41) is 3.09. The predicted molar refractivity (Wildman–Crippen MR) is 60.6 cm³/mol. The van der Waals surface area contributed by atoms with Gasteiger partial charge in [0.05, 0.1) is 6.54 Å². The van der Waals surface area contributed by atoms with Crippen LogP contribution in [0, 0.1) is 0 Å². The second-order valence-electron chi connectivity index (χ2n) is 4.26. The average Bonchev–Trinajstić information content (AvgIpc) is 2.31. The van der Waals surface area contributed by atoms with Gasteiger partial charge in [-0.1, -0.05) is 19.3 Å². The number of nitrogens with one attached hydrogen (secondary N) is 1. The quantitative estimate of drug-likeness (QED) is 0.822. The monoisotopic (exact) mass is 205 g/mol. The van der Waals surface area contributed by atoms with E-state index in [9.17, 15) is 0 Å². The molecule has 0 saturated heterocycles. The van der Waals surface area contributed by atoms with Gasteiger partial charge in [-0.3, -0.25) is 0 Å². The van der Waals surface area contributed by atoms with E-state index in [0.717, 1.165) is 12.4 Å². The molecule has 1 heterocycles. The Morgan fingerprint density at radius 1 is 1.33 bits per heavy atom. The molecular formula is C12H19N3. The summed E-state index contributed by atoms with van der Waals surface area (Å²) in [6.45, 7) is 0.764. The Labute approximate surface area is 91.3 Å². The van der Waals surface area contributed by atoms with Crippen LogP contribution in [0.1, 0.15) is 49.5 Å². The normalized spacial score (nSPS) is 17.9. The predicted octanol–water partition coefficient (Wildman–Crippen LogP) is 2.24. The fourth-order valence-electron chi connectivity index (χ4n) is 2.28. The van der Waals surface area contributed by atoms with Crippen molar-refractivity contribution in [2.75, 3.05) is 7.05 Å². The van der Waals surface area contributed by atoms with Crippen LogP contribution >= 0.6 is 0 Å². The maximum Gasteiger partial charge on any atom is 0.142 e. The molecule has 82 valence electrons. The lowest BCUT2D eigenvalue weighted by Gasteiger charge is -2.21. The third kappa shape index (κ3) is 2.75. The van der Waals surface area contributed by atoms with Gasteiger partial charge in [0.25, 0.3) is 0 Å². The zero-order chi connectivity index (χ0) is 10.5. The van der Waals surface area contributed by atoms with Gasteiger partial charge in [0.1, 0.15) is 5.82 Å². The molecule has 1 fully saturated rings. The molecule has 0 aliphatic heterocycles. The molecular weight excluding hydrogens is 186 g/mol. The lowest BCUT2D eigenvalue weighted by Crippen LogP contribution is -2.12. The highest BCUT2D eigenvalue weighted by molar-refractivity contribution is 5.09. The summed E-state index contributed by atoms with van der Waals surface area (Å²) in [5.41, 5.74) is 1.25. The van der Waals surface area contributed by atoms with Gasteiger partial charge >= 0.3 is 0 Å². The molecule has 0 bridgehead atoms. The van der Waals surface area contributed by atoms with Crippen LogP contribution in [-0.2, 0) is 6.54 Å². The Kier molecular flexibility index (Phi) is 3.67. The Bertz CT molecular complexity index is 305. The zero-order valence-electron chi connectivity index (χ0n) is 9.37. The van der Waals surface area contributed by atoms with E-state index in [2.05, 4.69) is 21.4 Å². The summed E-state index contributed by atoms with van der Waals surface area (Å²) in [4.78, 5) is 8.86. The molecule has 15 heavy (non-hydrogen) atoms. The highest BCUT2D eigenvalue weighted by Crippen LogP contribution is 2.31. The minimum atomic E-state index is 0.678. The molecule has 1 aromatic heterocycles. The van der Waals surface area contributed by atoms with Crippen molar-refractivity contribution in [2.24, 2.45) is 0 Å². The number of hydrogen-bond donors (Lipinski definition) is 1. The van der Waals surface area contributed by atoms with E-state index in [-0.39, 0.29) is 0 Å². The van der Waals surface area contributed by atoms with Crippen LogP contribution in [0.3, 0.4) is 0 Å². The van der Waals surface area contributed by atoms with Crippen molar-refractivity contribution in [1.29, 1.82) is 0 Å². The first-order valence-corrected chi connectivity index (χ1v) is 5.86. The number of aromatic nitrogens is 2. The van der Waals surface area contributed by atoms with E-state index in [0.29, 0.717) is 5.92 Å². The average molecular weight is 205 g/mol. The van der Waals surface area contributed by atoms with E-state index in [1.165, 1.54) is 37.8 Å². The standard InChI is InChI=1S/C12H19N3/c1-13-9-12-14-8-7-11(15-12)10-5-3-2-4-6-10/h7-8,10,13H,2-6,9H2,1H3. The summed E-state index contributed by atoms with van der Waals surface area (Å²) >= 11 is 0. The summed E-state index contributed by atoms with van der Waals surface area (Å²) in [6.07, 6.45) is 8.60. The molecule has 0 radical (unpaired) electrons. The maximum absolute atomic E-state index is 4.61. The van der Waals surface area contributed by atoms with Crippen LogP contribution in [0.4, 0.5) is 0 Å². The molecule has 0 amide bonds. The Balaban J connectivity index is 2.09. The van der Waals surface area contributed by atoms with Gasteiger partial charge in [0.15, 0.2) is 0 Å². The molecule has 3 nitrogen and oxygen atoms in total. The topological polar surface area (TPSA) is 37.8 Å². The van der Waals surface area contributed by atoms with Crippen molar-refractivity contribution in [2.45, 2.75) is 44.6 Å². The van der Waals surface area contributed by atoms with Gasteiger partial charge in [0.2, 0.25) is 0 Å². The van der Waals surface area contributed by atoms with E-state index in [4.69, 9.17) is 0 Å². The molecule has 0 unspecified atom stereocenters. The fraction of sp³-hybridized carbons (Fsp3) is 0.667. The summed E-state index contributed by atoms with van der Waals surface area (Å²) in [5.74, 6) is 1.60. The van der Waals surface area contributed by atoms with E-state index in [1.54, 1.807) is 0 Å². The van der Waals surface area contributed by atoms with Crippen LogP contribution in [0.25, 0.3) is 0 Å². The Morgan fingerprint density at radius 2 is 2.13 bits per heavy atom. The van der Waals surface area contributed by atoms with Gasteiger partial charge < -0.3 is 5.32 Å². The van der Waals surface area contributed by atoms with Crippen molar-refractivity contribution < 1.29 is 0 Å². The number of hydrogen-bond acceptors (Lipinski definition) is 3. The minimum Gasteiger partial charge on any atom is -0.313 e. The van der Waals surface area contributed by atoms with Gasteiger partial charge in [0, 0.05) is 17.8 Å². The lowest BCUT2D eigenvalue weighted by molar-refractivity contribution is 0.435. The van der Waals surface area contributed by atoms with Gasteiger partial charge in [-0.25, -0.2) is 9.97 Å². The second-order valence-corrected chi connectivity index (χ2v) is 4.26. The van der Waals surface area contributed by atoms with E-state index in [1.807, 2.05) is 13.2 Å². The molecule has 2 rings (SSSR count). The highest BCUT2D eigenvalue weighted by Gasteiger charge is 2.16. The summed E-state index contributed by atoms with van der Waals surface area (Å²) in [7, 11) is 1.93. The van der Waals surface area contributed by atoms with Crippen molar-refractivity contribution >= 4 is 0 Å². The highest BCUT2D eigenvalue weighted by atomic mass is 14.9. The molecule has 3 heteroatoms. The van der Waals surface area contributed by atoms with Crippen LogP contribution in [0.15, 0.2) is 12.3 Å². The molecule has 1 aliphatic rings. The van der Waals surface area contributed by atoms with Crippen LogP contribution in [-0.4, -0.2) is 17.0 Å². The first kappa shape index (κ1) is 10.6. The molecule has 1 aliphatic carbocycles. The third-order valence-corrected chi connectivity index (χ3v) is 3.09. The summed E-state index contributed by atoms with van der Waals surface area (Å²) < 4.78 is 0. The molecule has 1 N–H and O–H groups in total. The molecule has 1 saturated carbocycles. The zero-order valence-corrected chi connectivity index (χ0v) is 9.37.